The number of thioether (sulfide) groups is 2. The first-order chi connectivity index (χ1) is 12.5. The van der Waals surface area contributed by atoms with Crippen LogP contribution in [0.2, 0.25) is 0 Å². The van der Waals surface area contributed by atoms with Gasteiger partial charge in [-0.05, 0) is 51.4 Å². The van der Waals surface area contributed by atoms with Gasteiger partial charge in [0.1, 0.15) is 9.49 Å². The third-order valence-corrected chi connectivity index (χ3v) is 11.4. The van der Waals surface area contributed by atoms with E-state index in [0.29, 0.717) is 0 Å². The van der Waals surface area contributed by atoms with E-state index in [1.165, 1.54) is 0 Å². The Balaban J connectivity index is 1.50. The van der Waals surface area contributed by atoms with Gasteiger partial charge in [0.15, 0.2) is 0 Å². The summed E-state index contributed by atoms with van der Waals surface area (Å²) in [6.45, 7) is 5.88. The highest BCUT2D eigenvalue weighted by Crippen LogP contribution is 2.91. The van der Waals surface area contributed by atoms with Gasteiger partial charge in [-0.1, -0.05) is 26.7 Å². The van der Waals surface area contributed by atoms with Crippen LogP contribution in [-0.2, 0) is 9.59 Å². The second kappa shape index (κ2) is 6.61. The topological polar surface area (TPSA) is 58.2 Å². The van der Waals surface area contributed by atoms with Crippen molar-refractivity contribution < 1.29 is 9.59 Å². The Kier molecular flexibility index (Phi) is 4.83. The standard InChI is InChI=1S/C20H32N2O2S2/c1-3-5-13-21-15(23)17-9-7-11-19(17,25-17)20-12-8-10-18(20,26-20)16(24)22-14-6-4-2/h3-14H2,1-2H3,(H,21,23)(H,22,24). The van der Waals surface area contributed by atoms with Crippen molar-refractivity contribution in [1.29, 1.82) is 0 Å². The molecule has 2 N–H and O–H groups in total. The predicted octanol–water partition coefficient (Wildman–Crippen LogP) is 3.64. The van der Waals surface area contributed by atoms with Crippen molar-refractivity contribution >= 4 is 35.3 Å². The Labute approximate surface area is 165 Å². The number of hydrogen-bond acceptors (Lipinski definition) is 4. The molecule has 4 atom stereocenters. The smallest absolute Gasteiger partial charge is 0.237 e. The summed E-state index contributed by atoms with van der Waals surface area (Å²) in [5, 5.41) is 6.41. The van der Waals surface area contributed by atoms with E-state index in [9.17, 15) is 9.59 Å². The van der Waals surface area contributed by atoms with E-state index in [-0.39, 0.29) is 30.8 Å². The number of carbonyl (C=O) groups is 2. The average molecular weight is 397 g/mol. The molecule has 2 saturated carbocycles. The molecular weight excluding hydrogens is 364 g/mol. The van der Waals surface area contributed by atoms with Crippen LogP contribution in [0.15, 0.2) is 0 Å². The van der Waals surface area contributed by atoms with Crippen LogP contribution >= 0.6 is 23.5 Å². The molecule has 2 aliphatic carbocycles. The van der Waals surface area contributed by atoms with E-state index in [1.807, 2.05) is 23.5 Å². The lowest BCUT2D eigenvalue weighted by atomic mass is 9.77. The van der Waals surface area contributed by atoms with E-state index < -0.39 is 0 Å². The fourth-order valence-electron chi connectivity index (χ4n) is 5.68. The molecule has 6 heteroatoms. The van der Waals surface area contributed by atoms with E-state index in [1.54, 1.807) is 0 Å². The first-order valence-electron chi connectivity index (χ1n) is 10.5. The molecule has 0 spiro atoms. The van der Waals surface area contributed by atoms with Gasteiger partial charge in [-0.15, -0.1) is 23.5 Å². The molecule has 0 radical (unpaired) electrons. The quantitative estimate of drug-likeness (QED) is 0.461. The summed E-state index contributed by atoms with van der Waals surface area (Å²) in [7, 11) is 0. The zero-order valence-electron chi connectivity index (χ0n) is 16.1. The Hall–Kier alpha value is -0.360. The van der Waals surface area contributed by atoms with E-state index in [0.717, 1.165) is 77.3 Å². The molecule has 2 aliphatic heterocycles. The van der Waals surface area contributed by atoms with Crippen LogP contribution in [0, 0.1) is 0 Å². The highest BCUT2D eigenvalue weighted by atomic mass is 32.2. The number of fused-ring (bicyclic) bond motifs is 3. The van der Waals surface area contributed by atoms with Crippen molar-refractivity contribution in [3.63, 3.8) is 0 Å². The van der Waals surface area contributed by atoms with Crippen LogP contribution in [0.25, 0.3) is 0 Å². The van der Waals surface area contributed by atoms with E-state index >= 15 is 0 Å². The number of amides is 2. The van der Waals surface area contributed by atoms with Crippen molar-refractivity contribution in [3.8, 4) is 0 Å². The molecule has 26 heavy (non-hydrogen) atoms. The zero-order valence-corrected chi connectivity index (χ0v) is 17.8. The molecular formula is C20H32N2O2S2. The first-order valence-corrected chi connectivity index (χ1v) is 12.1. The second-order valence-electron chi connectivity index (χ2n) is 8.44. The van der Waals surface area contributed by atoms with Crippen LogP contribution in [0.1, 0.15) is 78.1 Å². The fourth-order valence-corrected chi connectivity index (χ4v) is 10.3. The fraction of sp³-hybridized carbons (Fsp3) is 0.900. The van der Waals surface area contributed by atoms with Crippen molar-refractivity contribution in [3.05, 3.63) is 0 Å². The van der Waals surface area contributed by atoms with E-state index in [4.69, 9.17) is 0 Å². The van der Waals surface area contributed by atoms with Crippen molar-refractivity contribution in [2.45, 2.75) is 97.0 Å². The van der Waals surface area contributed by atoms with Crippen LogP contribution in [0.3, 0.4) is 0 Å². The third-order valence-electron chi connectivity index (χ3n) is 7.05. The van der Waals surface area contributed by atoms with Gasteiger partial charge < -0.3 is 10.6 Å². The average Bonchev–Trinajstić information content (AvgIpc) is 3.40. The first kappa shape index (κ1) is 19.0. The maximum atomic E-state index is 13.0. The Bertz CT molecular complexity index is 563. The lowest BCUT2D eigenvalue weighted by molar-refractivity contribution is -0.124. The van der Waals surface area contributed by atoms with Crippen LogP contribution < -0.4 is 10.6 Å². The van der Waals surface area contributed by atoms with E-state index in [2.05, 4.69) is 24.5 Å². The summed E-state index contributed by atoms with van der Waals surface area (Å²) in [6, 6.07) is 0. The van der Waals surface area contributed by atoms with Gasteiger partial charge in [-0.25, -0.2) is 0 Å². The summed E-state index contributed by atoms with van der Waals surface area (Å²) < 4.78 is -0.466. The Morgan fingerprint density at radius 3 is 1.58 bits per heavy atom. The summed E-state index contributed by atoms with van der Waals surface area (Å²) in [6.07, 6.45) is 10.8. The van der Waals surface area contributed by atoms with Gasteiger partial charge >= 0.3 is 0 Å². The number of carbonyl (C=O) groups excluding carboxylic acids is 2. The highest BCUT2D eigenvalue weighted by molar-refractivity contribution is 8.16. The molecule has 0 aromatic heterocycles. The van der Waals surface area contributed by atoms with Crippen LogP contribution in [-0.4, -0.2) is 43.9 Å². The normalized spacial score (nSPS) is 42.1. The number of unbranched alkanes of at least 4 members (excludes halogenated alkanes) is 2. The number of nitrogens with one attached hydrogen (secondary N) is 2. The number of rotatable bonds is 9. The third kappa shape index (κ3) is 2.30. The van der Waals surface area contributed by atoms with Crippen LogP contribution in [0.4, 0.5) is 0 Å². The predicted molar refractivity (Wildman–Crippen MR) is 110 cm³/mol. The molecule has 4 fully saturated rings. The molecule has 4 aliphatic rings. The van der Waals surface area contributed by atoms with Crippen molar-refractivity contribution in [2.75, 3.05) is 13.1 Å². The minimum atomic E-state index is -0.246. The molecule has 0 bridgehead atoms. The van der Waals surface area contributed by atoms with Crippen molar-refractivity contribution in [1.82, 2.24) is 10.6 Å². The maximum absolute atomic E-state index is 13.0. The molecule has 0 aromatic carbocycles. The summed E-state index contributed by atoms with van der Waals surface area (Å²) in [5.74, 6) is 0.505. The Morgan fingerprint density at radius 1 is 0.769 bits per heavy atom. The summed E-state index contributed by atoms with van der Waals surface area (Å²) in [5.41, 5.74) is 0. The van der Waals surface area contributed by atoms with Gasteiger partial charge in [0.05, 0.1) is 9.49 Å². The van der Waals surface area contributed by atoms with Crippen LogP contribution in [0.5, 0.6) is 0 Å². The lowest BCUT2D eigenvalue weighted by Gasteiger charge is -2.25. The molecule has 2 saturated heterocycles. The minimum absolute atomic E-state index is 0.0135. The Morgan fingerprint density at radius 2 is 1.19 bits per heavy atom. The van der Waals surface area contributed by atoms with Gasteiger partial charge in [-0.3, -0.25) is 9.59 Å². The number of hydrogen-bond donors (Lipinski definition) is 2. The molecule has 4 rings (SSSR count). The van der Waals surface area contributed by atoms with Crippen molar-refractivity contribution in [2.24, 2.45) is 0 Å². The van der Waals surface area contributed by atoms with Gasteiger partial charge in [0, 0.05) is 13.1 Å². The summed E-state index contributed by atoms with van der Waals surface area (Å²) in [4.78, 5) is 26.1. The molecule has 2 heterocycles. The maximum Gasteiger partial charge on any atom is 0.237 e. The second-order valence-corrected chi connectivity index (χ2v) is 11.6. The highest BCUT2D eigenvalue weighted by Gasteiger charge is 2.94. The zero-order chi connectivity index (χ0) is 18.5. The summed E-state index contributed by atoms with van der Waals surface area (Å²) >= 11 is 3.82. The molecule has 0 aromatic rings. The molecule has 4 nitrogen and oxygen atoms in total. The minimum Gasteiger partial charge on any atom is -0.355 e. The SMILES string of the molecule is CCCCNC(=O)C12CCCC1(C13CCCC1(C(=O)NCCCC)S3)S2. The van der Waals surface area contributed by atoms with Gasteiger partial charge in [0.2, 0.25) is 11.8 Å². The van der Waals surface area contributed by atoms with Gasteiger partial charge in [-0.2, -0.15) is 0 Å². The largest absolute Gasteiger partial charge is 0.355 e. The lowest BCUT2D eigenvalue weighted by Crippen LogP contribution is -2.50. The molecule has 146 valence electrons. The molecule has 4 unspecified atom stereocenters. The van der Waals surface area contributed by atoms with Gasteiger partial charge in [0.25, 0.3) is 0 Å². The monoisotopic (exact) mass is 396 g/mol. The molecule has 2 amide bonds.